The standard InChI is InChI=1S/C22H20Cl2N2O2S/c23-18-5-1-15(2-6-18)21(16-3-7-19(24)8-4-16)22(17-13-26-14-17)29(27,28)20-9-11-25-12-10-20/h1-12,17,21-22,26H,13-14H2. The highest BCUT2D eigenvalue weighted by Crippen LogP contribution is 2.40. The summed E-state index contributed by atoms with van der Waals surface area (Å²) in [5, 5.41) is 3.82. The molecule has 4 rings (SSSR count). The predicted octanol–water partition coefficient (Wildman–Crippen LogP) is 4.58. The van der Waals surface area contributed by atoms with Crippen molar-refractivity contribution in [2.75, 3.05) is 13.1 Å². The summed E-state index contributed by atoms with van der Waals surface area (Å²) >= 11 is 12.2. The van der Waals surface area contributed by atoms with Gasteiger partial charge in [0.2, 0.25) is 0 Å². The summed E-state index contributed by atoms with van der Waals surface area (Å²) in [6.07, 6.45) is 3.03. The van der Waals surface area contributed by atoms with E-state index in [1.807, 2.05) is 24.3 Å². The summed E-state index contributed by atoms with van der Waals surface area (Å²) in [5.74, 6) is -0.362. The van der Waals surface area contributed by atoms with Crippen LogP contribution in [0.25, 0.3) is 0 Å². The van der Waals surface area contributed by atoms with Gasteiger partial charge in [0.25, 0.3) is 0 Å². The molecule has 7 heteroatoms. The van der Waals surface area contributed by atoms with Crippen LogP contribution < -0.4 is 5.32 Å². The minimum atomic E-state index is -3.62. The Morgan fingerprint density at radius 3 is 1.72 bits per heavy atom. The summed E-state index contributed by atoms with van der Waals surface area (Å²) in [6, 6.07) is 18.0. The molecule has 1 aliphatic rings. The SMILES string of the molecule is O=S(=O)(c1ccncc1)C(C1CNC1)C(c1ccc(Cl)cc1)c1ccc(Cl)cc1. The van der Waals surface area contributed by atoms with Crippen molar-refractivity contribution in [2.24, 2.45) is 5.92 Å². The number of halogens is 2. The second kappa shape index (κ2) is 8.44. The average molecular weight is 447 g/mol. The highest BCUT2D eigenvalue weighted by Gasteiger charge is 2.44. The van der Waals surface area contributed by atoms with Crippen molar-refractivity contribution in [1.82, 2.24) is 10.3 Å². The Hall–Kier alpha value is -1.92. The van der Waals surface area contributed by atoms with Crippen molar-refractivity contribution in [3.63, 3.8) is 0 Å². The maximum atomic E-state index is 13.8. The Kier molecular flexibility index (Phi) is 5.93. The van der Waals surface area contributed by atoms with Crippen LogP contribution in [0.1, 0.15) is 17.0 Å². The van der Waals surface area contributed by atoms with E-state index in [4.69, 9.17) is 23.2 Å². The first kappa shape index (κ1) is 20.4. The smallest absolute Gasteiger partial charge is 0.182 e. The summed E-state index contributed by atoms with van der Waals surface area (Å²) in [4.78, 5) is 4.26. The zero-order valence-electron chi connectivity index (χ0n) is 15.5. The fourth-order valence-electron chi connectivity index (χ4n) is 3.85. The Morgan fingerprint density at radius 2 is 1.31 bits per heavy atom. The van der Waals surface area contributed by atoms with Crippen molar-refractivity contribution < 1.29 is 8.42 Å². The van der Waals surface area contributed by atoms with Gasteiger partial charge in [-0.15, -0.1) is 0 Å². The van der Waals surface area contributed by atoms with E-state index in [1.54, 1.807) is 36.4 Å². The number of rotatable bonds is 6. The zero-order valence-corrected chi connectivity index (χ0v) is 17.8. The third-order valence-corrected chi connectivity index (χ3v) is 8.21. The molecule has 4 nitrogen and oxygen atoms in total. The van der Waals surface area contributed by atoms with E-state index in [1.165, 1.54) is 12.4 Å². The van der Waals surface area contributed by atoms with Gasteiger partial charge in [-0.05, 0) is 47.5 Å². The highest BCUT2D eigenvalue weighted by molar-refractivity contribution is 7.92. The molecule has 0 bridgehead atoms. The second-order valence-corrected chi connectivity index (χ2v) is 10.2. The van der Waals surface area contributed by atoms with Crippen LogP contribution in [0.3, 0.4) is 0 Å². The number of nitrogens with zero attached hydrogens (tertiary/aromatic N) is 1. The first-order valence-electron chi connectivity index (χ1n) is 9.32. The van der Waals surface area contributed by atoms with E-state index in [-0.39, 0.29) is 16.7 Å². The molecular formula is C22H20Cl2N2O2S. The van der Waals surface area contributed by atoms with Gasteiger partial charge in [0.05, 0.1) is 10.1 Å². The van der Waals surface area contributed by atoms with Crippen LogP contribution in [0.5, 0.6) is 0 Å². The van der Waals surface area contributed by atoms with Gasteiger partial charge in [-0.2, -0.15) is 0 Å². The Labute approximate surface area is 180 Å². The molecule has 1 atom stereocenters. The average Bonchev–Trinajstić information content (AvgIpc) is 2.69. The quantitative estimate of drug-likeness (QED) is 0.601. The van der Waals surface area contributed by atoms with Crippen molar-refractivity contribution in [3.8, 4) is 0 Å². The molecule has 0 aliphatic carbocycles. The topological polar surface area (TPSA) is 59.1 Å². The Morgan fingerprint density at radius 1 is 0.828 bits per heavy atom. The largest absolute Gasteiger partial charge is 0.316 e. The Balaban J connectivity index is 1.89. The predicted molar refractivity (Wildman–Crippen MR) is 116 cm³/mol. The first-order chi connectivity index (χ1) is 14.0. The molecular weight excluding hydrogens is 427 g/mol. The summed E-state index contributed by atoms with van der Waals surface area (Å²) in [7, 11) is -3.62. The monoisotopic (exact) mass is 446 g/mol. The van der Waals surface area contributed by atoms with Crippen molar-refractivity contribution in [3.05, 3.63) is 94.2 Å². The van der Waals surface area contributed by atoms with Crippen LogP contribution in [-0.2, 0) is 9.84 Å². The maximum Gasteiger partial charge on any atom is 0.182 e. The molecule has 3 aromatic rings. The summed E-state index contributed by atoms with van der Waals surface area (Å²) < 4.78 is 27.6. The zero-order chi connectivity index (χ0) is 20.4. The van der Waals surface area contributed by atoms with E-state index < -0.39 is 15.1 Å². The number of aromatic nitrogens is 1. The van der Waals surface area contributed by atoms with Gasteiger partial charge in [-0.25, -0.2) is 8.42 Å². The lowest BCUT2D eigenvalue weighted by molar-refractivity contribution is 0.315. The van der Waals surface area contributed by atoms with Gasteiger partial charge in [-0.1, -0.05) is 47.5 Å². The van der Waals surface area contributed by atoms with Crippen molar-refractivity contribution >= 4 is 33.0 Å². The lowest BCUT2D eigenvalue weighted by Crippen LogP contribution is -2.53. The van der Waals surface area contributed by atoms with Crippen LogP contribution in [0.4, 0.5) is 0 Å². The molecule has 150 valence electrons. The minimum absolute atomic E-state index is 0.00970. The van der Waals surface area contributed by atoms with Crippen LogP contribution in [-0.4, -0.2) is 31.7 Å². The lowest BCUT2D eigenvalue weighted by atomic mass is 9.81. The third kappa shape index (κ3) is 4.19. The summed E-state index contributed by atoms with van der Waals surface area (Å²) in [5.41, 5.74) is 1.82. The van der Waals surface area contributed by atoms with Crippen LogP contribution in [0.2, 0.25) is 10.0 Å². The van der Waals surface area contributed by atoms with E-state index in [0.717, 1.165) is 11.1 Å². The van der Waals surface area contributed by atoms with E-state index in [0.29, 0.717) is 23.1 Å². The van der Waals surface area contributed by atoms with E-state index in [9.17, 15) is 8.42 Å². The van der Waals surface area contributed by atoms with Crippen molar-refractivity contribution in [1.29, 1.82) is 0 Å². The van der Waals surface area contributed by atoms with Gasteiger partial charge < -0.3 is 5.32 Å². The van der Waals surface area contributed by atoms with Gasteiger partial charge >= 0.3 is 0 Å². The number of hydrogen-bond acceptors (Lipinski definition) is 4. The third-order valence-electron chi connectivity index (χ3n) is 5.40. The molecule has 0 radical (unpaired) electrons. The molecule has 1 saturated heterocycles. The summed E-state index contributed by atoms with van der Waals surface area (Å²) in [6.45, 7) is 1.32. The van der Waals surface area contributed by atoms with Gasteiger partial charge in [-0.3, -0.25) is 4.98 Å². The molecule has 0 saturated carbocycles. The van der Waals surface area contributed by atoms with Gasteiger partial charge in [0.15, 0.2) is 9.84 Å². The van der Waals surface area contributed by atoms with E-state index >= 15 is 0 Å². The second-order valence-electron chi connectivity index (χ2n) is 7.19. The molecule has 2 heterocycles. The van der Waals surface area contributed by atoms with Crippen LogP contribution in [0.15, 0.2) is 78.0 Å². The van der Waals surface area contributed by atoms with Crippen molar-refractivity contribution in [2.45, 2.75) is 16.1 Å². The number of sulfone groups is 1. The molecule has 2 aromatic carbocycles. The minimum Gasteiger partial charge on any atom is -0.316 e. The molecule has 0 amide bonds. The van der Waals surface area contributed by atoms with Crippen LogP contribution >= 0.6 is 23.2 Å². The highest BCUT2D eigenvalue weighted by atomic mass is 35.5. The molecule has 1 fully saturated rings. The number of hydrogen-bond donors (Lipinski definition) is 1. The van der Waals surface area contributed by atoms with Gasteiger partial charge in [0, 0.05) is 47.4 Å². The molecule has 0 spiro atoms. The van der Waals surface area contributed by atoms with Gasteiger partial charge in [0.1, 0.15) is 0 Å². The fraction of sp³-hybridized carbons (Fsp3) is 0.227. The molecule has 29 heavy (non-hydrogen) atoms. The first-order valence-corrected chi connectivity index (χ1v) is 11.6. The normalized spacial score (nSPS) is 15.8. The Bertz CT molecular complexity index is 1020. The molecule has 1 aliphatic heterocycles. The maximum absolute atomic E-state index is 13.8. The van der Waals surface area contributed by atoms with E-state index in [2.05, 4.69) is 10.3 Å². The van der Waals surface area contributed by atoms with Crippen LogP contribution in [0, 0.1) is 5.92 Å². The number of pyridine rings is 1. The number of nitrogens with one attached hydrogen (secondary N) is 1. The molecule has 1 aromatic heterocycles. The molecule has 1 N–H and O–H groups in total. The lowest BCUT2D eigenvalue weighted by Gasteiger charge is -2.39. The number of benzene rings is 2. The molecule has 1 unspecified atom stereocenters. The fourth-order valence-corrected chi connectivity index (χ4v) is 6.28.